The number of amidine groups is 1. The number of hydrogen-bond donors (Lipinski definition) is 3. The number of aryl methyl sites for hydroxylation is 1. The Bertz CT molecular complexity index is 681. The number of nitrogens with two attached hydrogens (primary N) is 1. The number of benzene rings is 1. The summed E-state index contributed by atoms with van der Waals surface area (Å²) in [5.74, 6) is -1.79. The zero-order valence-corrected chi connectivity index (χ0v) is 10.4. The van der Waals surface area contributed by atoms with E-state index in [1.807, 2.05) is 0 Å². The van der Waals surface area contributed by atoms with Crippen molar-refractivity contribution in [2.75, 3.05) is 5.32 Å². The van der Waals surface area contributed by atoms with Gasteiger partial charge in [-0.25, -0.2) is 9.37 Å². The molecule has 4 N–H and O–H groups in total. The number of oxime groups is 1. The first-order chi connectivity index (χ1) is 9.54. The molecule has 0 spiro atoms. The van der Waals surface area contributed by atoms with E-state index in [2.05, 4.69) is 15.5 Å². The van der Waals surface area contributed by atoms with Crippen molar-refractivity contribution in [3.05, 3.63) is 47.4 Å². The van der Waals surface area contributed by atoms with Crippen molar-refractivity contribution in [1.29, 1.82) is 0 Å². The minimum atomic E-state index is -0.729. The molecule has 2 aromatic rings. The van der Waals surface area contributed by atoms with Gasteiger partial charge in [-0.05, 0) is 19.1 Å². The molecule has 104 valence electrons. The van der Waals surface area contributed by atoms with Gasteiger partial charge in [-0.2, -0.15) is 0 Å². The van der Waals surface area contributed by atoms with Crippen LogP contribution in [0.1, 0.15) is 21.8 Å². The maximum atomic E-state index is 13.7. The molecule has 0 fully saturated rings. The number of rotatable bonds is 3. The van der Waals surface area contributed by atoms with E-state index < -0.39 is 17.6 Å². The molecule has 1 heterocycles. The zero-order valence-electron chi connectivity index (χ0n) is 10.4. The second-order valence-electron chi connectivity index (χ2n) is 3.87. The van der Waals surface area contributed by atoms with Crippen LogP contribution in [0.5, 0.6) is 0 Å². The molecule has 0 aliphatic rings. The Morgan fingerprint density at radius 2 is 2.30 bits per heavy atom. The molecule has 0 saturated heterocycles. The van der Waals surface area contributed by atoms with E-state index in [1.54, 1.807) is 6.92 Å². The third-order valence-electron chi connectivity index (χ3n) is 2.58. The smallest absolute Gasteiger partial charge is 0.293 e. The summed E-state index contributed by atoms with van der Waals surface area (Å²) in [4.78, 5) is 15.7. The van der Waals surface area contributed by atoms with Gasteiger partial charge in [-0.15, -0.1) is 0 Å². The summed E-state index contributed by atoms with van der Waals surface area (Å²) >= 11 is 0. The molecule has 1 aromatic carbocycles. The zero-order chi connectivity index (χ0) is 14.7. The Morgan fingerprint density at radius 3 is 2.90 bits per heavy atom. The number of carbonyl (C=O) groups excluding carboxylic acids is 1. The topological polar surface area (TPSA) is 114 Å². The molecule has 0 radical (unpaired) electrons. The molecule has 0 bridgehead atoms. The summed E-state index contributed by atoms with van der Waals surface area (Å²) in [5.41, 5.74) is 5.63. The number of carbonyl (C=O) groups is 1. The Morgan fingerprint density at radius 1 is 1.55 bits per heavy atom. The third kappa shape index (κ3) is 2.44. The van der Waals surface area contributed by atoms with E-state index in [-0.39, 0.29) is 17.0 Å². The number of nitrogens with one attached hydrogen (secondary N) is 1. The fourth-order valence-corrected chi connectivity index (χ4v) is 1.64. The fourth-order valence-electron chi connectivity index (χ4n) is 1.64. The third-order valence-corrected chi connectivity index (χ3v) is 2.58. The Kier molecular flexibility index (Phi) is 3.65. The van der Waals surface area contributed by atoms with Crippen molar-refractivity contribution in [3.8, 4) is 0 Å². The van der Waals surface area contributed by atoms with Gasteiger partial charge in [0, 0.05) is 0 Å². The van der Waals surface area contributed by atoms with Crippen LogP contribution in [0.2, 0.25) is 0 Å². The highest BCUT2D eigenvalue weighted by atomic mass is 19.1. The van der Waals surface area contributed by atoms with E-state index in [9.17, 15) is 9.18 Å². The van der Waals surface area contributed by atoms with E-state index in [1.165, 1.54) is 12.1 Å². The Balaban J connectivity index is 2.38. The first-order valence-electron chi connectivity index (χ1n) is 5.52. The number of amides is 1. The van der Waals surface area contributed by atoms with Gasteiger partial charge in [0.1, 0.15) is 5.82 Å². The predicted molar refractivity (Wildman–Crippen MR) is 68.1 cm³/mol. The lowest BCUT2D eigenvalue weighted by Crippen LogP contribution is -2.20. The van der Waals surface area contributed by atoms with Crippen LogP contribution in [-0.4, -0.2) is 21.9 Å². The van der Waals surface area contributed by atoms with Crippen LogP contribution < -0.4 is 11.1 Å². The summed E-state index contributed by atoms with van der Waals surface area (Å²) in [6, 6.07) is 3.93. The molecule has 0 atom stereocenters. The monoisotopic (exact) mass is 278 g/mol. The average Bonchev–Trinajstić information content (AvgIpc) is 2.84. The molecule has 0 aliphatic heterocycles. The van der Waals surface area contributed by atoms with Gasteiger partial charge in [0.15, 0.2) is 12.2 Å². The normalized spacial score (nSPS) is 11.4. The highest BCUT2D eigenvalue weighted by Gasteiger charge is 2.18. The van der Waals surface area contributed by atoms with Crippen LogP contribution in [0.25, 0.3) is 0 Å². The summed E-state index contributed by atoms with van der Waals surface area (Å²) in [6.07, 6.45) is 1.13. The number of hydrogen-bond acceptors (Lipinski definition) is 5. The summed E-state index contributed by atoms with van der Waals surface area (Å²) in [5, 5.41) is 13.8. The lowest BCUT2D eigenvalue weighted by molar-refractivity contribution is 0.0996. The van der Waals surface area contributed by atoms with Crippen molar-refractivity contribution >= 4 is 17.4 Å². The number of aromatic nitrogens is 1. The Labute approximate surface area is 112 Å². The molecule has 20 heavy (non-hydrogen) atoms. The summed E-state index contributed by atoms with van der Waals surface area (Å²) in [6.45, 7) is 1.59. The molecule has 1 aromatic heterocycles. The highest BCUT2D eigenvalue weighted by molar-refractivity contribution is 6.09. The van der Waals surface area contributed by atoms with Gasteiger partial charge in [0.2, 0.25) is 5.76 Å². The molecule has 0 saturated carbocycles. The molecular formula is C12H11FN4O3. The number of nitrogens with zero attached hydrogens (tertiary/aromatic N) is 2. The minimum Gasteiger partial charge on any atom is -0.438 e. The molecule has 2 rings (SSSR count). The van der Waals surface area contributed by atoms with Crippen LogP contribution >= 0.6 is 0 Å². The maximum absolute atomic E-state index is 13.7. The quantitative estimate of drug-likeness (QED) is 0.340. The summed E-state index contributed by atoms with van der Waals surface area (Å²) in [7, 11) is 0. The lowest BCUT2D eigenvalue weighted by Gasteiger charge is -2.10. The SMILES string of the molecule is Cc1ncoc1C(=O)Nc1cccc(F)c1/C(N)=N/O. The lowest BCUT2D eigenvalue weighted by atomic mass is 10.1. The van der Waals surface area contributed by atoms with Crippen LogP contribution in [0.3, 0.4) is 0 Å². The standard InChI is InChI=1S/C12H11FN4O3/c1-6-10(20-5-15-6)12(18)16-8-4-2-3-7(13)9(8)11(14)17-19/h2-5,19H,1H3,(H2,14,17)(H,16,18). The van der Waals surface area contributed by atoms with Gasteiger partial charge in [0.25, 0.3) is 5.91 Å². The van der Waals surface area contributed by atoms with Crippen LogP contribution in [0, 0.1) is 12.7 Å². The van der Waals surface area contributed by atoms with E-state index in [0.29, 0.717) is 5.69 Å². The first-order valence-corrected chi connectivity index (χ1v) is 5.52. The predicted octanol–water partition coefficient (Wildman–Crippen LogP) is 1.47. The maximum Gasteiger partial charge on any atom is 0.293 e. The van der Waals surface area contributed by atoms with Crippen molar-refractivity contribution in [2.24, 2.45) is 10.9 Å². The second-order valence-corrected chi connectivity index (χ2v) is 3.87. The van der Waals surface area contributed by atoms with Gasteiger partial charge in [-0.3, -0.25) is 4.79 Å². The molecular weight excluding hydrogens is 267 g/mol. The van der Waals surface area contributed by atoms with E-state index >= 15 is 0 Å². The van der Waals surface area contributed by atoms with Crippen molar-refractivity contribution in [2.45, 2.75) is 6.92 Å². The van der Waals surface area contributed by atoms with Crippen molar-refractivity contribution < 1.29 is 18.8 Å². The average molecular weight is 278 g/mol. The van der Waals surface area contributed by atoms with Crippen molar-refractivity contribution in [3.63, 3.8) is 0 Å². The molecule has 0 unspecified atom stereocenters. The van der Waals surface area contributed by atoms with E-state index in [0.717, 1.165) is 12.5 Å². The fraction of sp³-hybridized carbons (Fsp3) is 0.0833. The van der Waals surface area contributed by atoms with Crippen LogP contribution in [0.4, 0.5) is 10.1 Å². The van der Waals surface area contributed by atoms with Gasteiger partial charge >= 0.3 is 0 Å². The largest absolute Gasteiger partial charge is 0.438 e. The van der Waals surface area contributed by atoms with Gasteiger partial charge in [-0.1, -0.05) is 11.2 Å². The first kappa shape index (κ1) is 13.5. The molecule has 8 heteroatoms. The van der Waals surface area contributed by atoms with Crippen molar-refractivity contribution in [1.82, 2.24) is 4.98 Å². The van der Waals surface area contributed by atoms with Gasteiger partial charge in [0.05, 0.1) is 16.9 Å². The van der Waals surface area contributed by atoms with Crippen LogP contribution in [-0.2, 0) is 0 Å². The number of halogens is 1. The Hall–Kier alpha value is -2.90. The van der Waals surface area contributed by atoms with Crippen LogP contribution in [0.15, 0.2) is 34.2 Å². The second kappa shape index (κ2) is 5.39. The molecule has 1 amide bonds. The molecule has 0 aliphatic carbocycles. The van der Waals surface area contributed by atoms with E-state index in [4.69, 9.17) is 15.4 Å². The number of anilines is 1. The molecule has 7 nitrogen and oxygen atoms in total. The number of oxazole rings is 1. The highest BCUT2D eigenvalue weighted by Crippen LogP contribution is 2.20. The summed E-state index contributed by atoms with van der Waals surface area (Å²) < 4.78 is 18.6. The minimum absolute atomic E-state index is 0.000259. The van der Waals surface area contributed by atoms with Gasteiger partial charge < -0.3 is 20.7 Å².